The molecule has 1 fully saturated rings. The summed E-state index contributed by atoms with van der Waals surface area (Å²) in [4.78, 5) is 2.56. The SMILES string of the molecule is C[C@H]1[C@H](C)O[C@@](CO)(N=[N+]=[N-])[C@H]1O. The molecule has 1 heterocycles. The minimum Gasteiger partial charge on any atom is -0.393 e. The zero-order valence-corrected chi connectivity index (χ0v) is 7.58. The Balaban J connectivity index is 2.95. The topological polar surface area (TPSA) is 98.5 Å². The Morgan fingerprint density at radius 1 is 1.62 bits per heavy atom. The minimum absolute atomic E-state index is 0.155. The first-order valence-electron chi connectivity index (χ1n) is 4.10. The number of rotatable bonds is 2. The lowest BCUT2D eigenvalue weighted by Crippen LogP contribution is -2.42. The number of hydrogen-bond donors (Lipinski definition) is 2. The normalized spacial score (nSPS) is 44.5. The second-order valence-electron chi connectivity index (χ2n) is 3.32. The van der Waals surface area contributed by atoms with Crippen LogP contribution in [0, 0.1) is 5.92 Å². The molecule has 74 valence electrons. The van der Waals surface area contributed by atoms with Crippen LogP contribution < -0.4 is 0 Å². The number of ether oxygens (including phenoxy) is 1. The van der Waals surface area contributed by atoms with E-state index >= 15 is 0 Å². The number of aliphatic hydroxyl groups excluding tert-OH is 2. The number of azide groups is 1. The molecule has 0 spiro atoms. The Bertz CT molecular complexity index is 241. The third kappa shape index (κ3) is 1.49. The van der Waals surface area contributed by atoms with Crippen LogP contribution >= 0.6 is 0 Å². The molecule has 1 rings (SSSR count). The van der Waals surface area contributed by atoms with E-state index in [-0.39, 0.29) is 12.0 Å². The summed E-state index contributed by atoms with van der Waals surface area (Å²) < 4.78 is 5.24. The van der Waals surface area contributed by atoms with Crippen LogP contribution in [-0.2, 0) is 4.74 Å². The molecule has 2 N–H and O–H groups in total. The molecule has 1 saturated heterocycles. The second kappa shape index (κ2) is 3.51. The molecule has 0 amide bonds. The molecule has 0 aromatic carbocycles. The van der Waals surface area contributed by atoms with Gasteiger partial charge >= 0.3 is 0 Å². The molecule has 6 heteroatoms. The van der Waals surface area contributed by atoms with Crippen LogP contribution in [-0.4, -0.2) is 34.8 Å². The van der Waals surface area contributed by atoms with Crippen LogP contribution in [0.3, 0.4) is 0 Å². The van der Waals surface area contributed by atoms with Crippen LogP contribution in [0.4, 0.5) is 0 Å². The smallest absolute Gasteiger partial charge is 0.196 e. The Morgan fingerprint density at radius 3 is 2.54 bits per heavy atom. The first-order valence-corrected chi connectivity index (χ1v) is 4.10. The third-order valence-electron chi connectivity index (χ3n) is 2.53. The summed E-state index contributed by atoms with van der Waals surface area (Å²) in [5.74, 6) is -0.155. The van der Waals surface area contributed by atoms with Gasteiger partial charge in [0.2, 0.25) is 0 Å². The van der Waals surface area contributed by atoms with E-state index in [0.717, 1.165) is 0 Å². The molecule has 6 nitrogen and oxygen atoms in total. The average Bonchev–Trinajstić information content (AvgIpc) is 2.32. The van der Waals surface area contributed by atoms with Crippen LogP contribution in [0.2, 0.25) is 0 Å². The van der Waals surface area contributed by atoms with Crippen molar-refractivity contribution in [2.24, 2.45) is 11.0 Å². The van der Waals surface area contributed by atoms with E-state index in [2.05, 4.69) is 10.0 Å². The van der Waals surface area contributed by atoms with Crippen molar-refractivity contribution in [2.45, 2.75) is 31.8 Å². The van der Waals surface area contributed by atoms with Crippen LogP contribution in [0.15, 0.2) is 5.11 Å². The van der Waals surface area contributed by atoms with E-state index in [4.69, 9.17) is 15.4 Å². The first-order chi connectivity index (χ1) is 6.07. The number of nitrogens with zero attached hydrogens (tertiary/aromatic N) is 3. The van der Waals surface area contributed by atoms with Gasteiger partial charge in [0.05, 0.1) is 18.8 Å². The molecule has 0 saturated carbocycles. The molecule has 1 aliphatic rings. The van der Waals surface area contributed by atoms with Crippen LogP contribution in [0.25, 0.3) is 10.4 Å². The van der Waals surface area contributed by atoms with Crippen molar-refractivity contribution in [1.29, 1.82) is 0 Å². The summed E-state index contributed by atoms with van der Waals surface area (Å²) in [6.07, 6.45) is -1.18. The van der Waals surface area contributed by atoms with E-state index in [0.29, 0.717) is 0 Å². The molecular formula is C7H13N3O3. The summed E-state index contributed by atoms with van der Waals surface area (Å²) in [6, 6.07) is 0. The molecule has 0 aromatic rings. The highest BCUT2D eigenvalue weighted by Crippen LogP contribution is 2.36. The zero-order valence-electron chi connectivity index (χ0n) is 7.58. The molecule has 4 atom stereocenters. The van der Waals surface area contributed by atoms with Gasteiger partial charge in [-0.25, -0.2) is 0 Å². The van der Waals surface area contributed by atoms with Crippen molar-refractivity contribution in [3.63, 3.8) is 0 Å². The van der Waals surface area contributed by atoms with Gasteiger partial charge in [-0.1, -0.05) is 12.0 Å². The number of aliphatic hydroxyl groups is 2. The van der Waals surface area contributed by atoms with Crippen LogP contribution in [0.1, 0.15) is 13.8 Å². The lowest BCUT2D eigenvalue weighted by atomic mass is 9.96. The Morgan fingerprint density at radius 2 is 2.23 bits per heavy atom. The molecule has 0 unspecified atom stereocenters. The Kier molecular flexibility index (Phi) is 2.77. The van der Waals surface area contributed by atoms with Gasteiger partial charge in [-0.3, -0.25) is 0 Å². The first kappa shape index (κ1) is 10.3. The maximum Gasteiger partial charge on any atom is 0.196 e. The zero-order chi connectivity index (χ0) is 10.1. The lowest BCUT2D eigenvalue weighted by molar-refractivity contribution is -0.103. The summed E-state index contributed by atoms with van der Waals surface area (Å²) >= 11 is 0. The summed E-state index contributed by atoms with van der Waals surface area (Å²) in [7, 11) is 0. The van der Waals surface area contributed by atoms with Crippen molar-refractivity contribution in [3.05, 3.63) is 10.4 Å². The van der Waals surface area contributed by atoms with Crippen molar-refractivity contribution in [1.82, 2.24) is 0 Å². The Labute approximate surface area is 75.8 Å². The van der Waals surface area contributed by atoms with Gasteiger partial charge < -0.3 is 14.9 Å². The summed E-state index contributed by atoms with van der Waals surface area (Å²) in [6.45, 7) is 3.03. The maximum atomic E-state index is 9.66. The average molecular weight is 187 g/mol. The van der Waals surface area contributed by atoms with Crippen molar-refractivity contribution >= 4 is 0 Å². The van der Waals surface area contributed by atoms with Gasteiger partial charge in [0, 0.05) is 10.8 Å². The van der Waals surface area contributed by atoms with E-state index in [1.807, 2.05) is 0 Å². The van der Waals surface area contributed by atoms with E-state index in [9.17, 15) is 5.11 Å². The molecule has 1 aliphatic heterocycles. The highest BCUT2D eigenvalue weighted by molar-refractivity contribution is 4.97. The largest absolute Gasteiger partial charge is 0.393 e. The van der Waals surface area contributed by atoms with E-state index in [1.165, 1.54) is 0 Å². The van der Waals surface area contributed by atoms with Crippen LogP contribution in [0.5, 0.6) is 0 Å². The van der Waals surface area contributed by atoms with Gasteiger partial charge in [0.1, 0.15) is 0 Å². The Hall–Kier alpha value is -0.810. The quantitative estimate of drug-likeness (QED) is 0.372. The third-order valence-corrected chi connectivity index (χ3v) is 2.53. The highest BCUT2D eigenvalue weighted by atomic mass is 16.6. The fourth-order valence-electron chi connectivity index (χ4n) is 1.49. The maximum absolute atomic E-state index is 9.66. The lowest BCUT2D eigenvalue weighted by Gasteiger charge is -2.24. The molecule has 0 bridgehead atoms. The summed E-state index contributed by atoms with van der Waals surface area (Å²) in [5.41, 5.74) is 6.78. The fraction of sp³-hybridized carbons (Fsp3) is 1.00. The van der Waals surface area contributed by atoms with Crippen molar-refractivity contribution in [3.8, 4) is 0 Å². The number of hydrogen-bond acceptors (Lipinski definition) is 4. The predicted octanol–water partition coefficient (Wildman–Crippen LogP) is 0.401. The molecule has 0 radical (unpaired) electrons. The van der Waals surface area contributed by atoms with Crippen molar-refractivity contribution in [2.75, 3.05) is 6.61 Å². The van der Waals surface area contributed by atoms with E-state index < -0.39 is 18.4 Å². The van der Waals surface area contributed by atoms with E-state index in [1.54, 1.807) is 13.8 Å². The standard InChI is InChI=1S/C7H13N3O3/c1-4-5(2)13-7(3-11,6(4)12)9-10-8/h4-6,11-12H,3H2,1-2H3/t4-,5-,6-,7+/m0/s1. The molecule has 0 aliphatic carbocycles. The molecule has 13 heavy (non-hydrogen) atoms. The van der Waals surface area contributed by atoms with Gasteiger partial charge in [-0.2, -0.15) is 0 Å². The van der Waals surface area contributed by atoms with Gasteiger partial charge in [-0.05, 0) is 12.5 Å². The highest BCUT2D eigenvalue weighted by Gasteiger charge is 2.50. The van der Waals surface area contributed by atoms with Gasteiger partial charge in [0.25, 0.3) is 0 Å². The monoisotopic (exact) mass is 187 g/mol. The van der Waals surface area contributed by atoms with Crippen molar-refractivity contribution < 1.29 is 14.9 Å². The van der Waals surface area contributed by atoms with Gasteiger partial charge in [0.15, 0.2) is 5.72 Å². The minimum atomic E-state index is -1.49. The fourth-order valence-corrected chi connectivity index (χ4v) is 1.49. The van der Waals surface area contributed by atoms with Gasteiger partial charge in [-0.15, -0.1) is 0 Å². The second-order valence-corrected chi connectivity index (χ2v) is 3.32. The summed E-state index contributed by atoms with van der Waals surface area (Å²) in [5, 5.41) is 22.0. The molecular weight excluding hydrogens is 174 g/mol. The predicted molar refractivity (Wildman–Crippen MR) is 44.7 cm³/mol. The molecule has 0 aromatic heterocycles.